The molecule has 1 aromatic carbocycles. The third kappa shape index (κ3) is 5.64. The van der Waals surface area contributed by atoms with Crippen LogP contribution in [-0.2, 0) is 26.5 Å². The normalized spacial score (nSPS) is 13.5. The fourth-order valence-corrected chi connectivity index (χ4v) is 2.53. The number of nitrogens with zero attached hydrogens (tertiary/aromatic N) is 1. The molecule has 0 spiro atoms. The number of rotatable bonds is 7. The van der Waals surface area contributed by atoms with Gasteiger partial charge in [-0.1, -0.05) is 0 Å². The predicted molar refractivity (Wildman–Crippen MR) is 71.3 cm³/mol. The first-order valence-electron chi connectivity index (χ1n) is 6.31. The van der Waals surface area contributed by atoms with E-state index in [-0.39, 0.29) is 6.07 Å². The molecule has 0 fully saturated rings. The molecule has 14 heteroatoms. The van der Waals surface area contributed by atoms with Crippen molar-refractivity contribution in [3.63, 3.8) is 0 Å². The van der Waals surface area contributed by atoms with Crippen molar-refractivity contribution in [2.75, 3.05) is 12.4 Å². The largest absolute Gasteiger partial charge is 0.458 e. The van der Waals surface area contributed by atoms with Crippen LogP contribution >= 0.6 is 0 Å². The number of alkyl halides is 7. The second-order valence-electron chi connectivity index (χ2n) is 4.65. The minimum absolute atomic E-state index is 0.0868. The van der Waals surface area contributed by atoms with E-state index in [1.54, 1.807) is 0 Å². The number of hydrogen-bond donors (Lipinski definition) is 0. The predicted octanol–water partition coefficient (Wildman–Crippen LogP) is 3.16. The van der Waals surface area contributed by atoms with E-state index < -0.39 is 68.7 Å². The minimum Gasteiger partial charge on any atom is -0.458 e. The first-order chi connectivity index (χ1) is 11.8. The first kappa shape index (κ1) is 21.8. The molecule has 0 saturated carbocycles. The lowest BCUT2D eigenvalue weighted by molar-refractivity contribution is -0.388. The smallest absolute Gasteiger partial charge is 0.416 e. The Hall–Kier alpha value is -2.25. The SMILES string of the molecule is O=C(CS(=O)c1ccc(C(F)(F)F)cc1[N+](=O)[O-])OCC(F)(F)C(F)F. The zero-order chi connectivity index (χ0) is 20.3. The van der Waals surface area contributed by atoms with Crippen molar-refractivity contribution in [1.29, 1.82) is 0 Å². The number of nitro groups is 1. The number of esters is 1. The highest BCUT2D eigenvalue weighted by Crippen LogP contribution is 2.34. The molecule has 146 valence electrons. The van der Waals surface area contributed by atoms with E-state index in [1.807, 2.05) is 0 Å². The molecule has 0 aliphatic rings. The number of halogens is 7. The number of carbonyl (C=O) groups is 1. The summed E-state index contributed by atoms with van der Waals surface area (Å²) < 4.78 is 102. The zero-order valence-corrected chi connectivity index (χ0v) is 13.1. The quantitative estimate of drug-likeness (QED) is 0.298. The lowest BCUT2D eigenvalue weighted by Crippen LogP contribution is -2.34. The summed E-state index contributed by atoms with van der Waals surface area (Å²) in [6.45, 7) is -2.02. The van der Waals surface area contributed by atoms with Gasteiger partial charge in [0.2, 0.25) is 0 Å². The van der Waals surface area contributed by atoms with Crippen LogP contribution in [0.4, 0.5) is 36.4 Å². The average molecular weight is 411 g/mol. The number of ether oxygens (including phenoxy) is 1. The summed E-state index contributed by atoms with van der Waals surface area (Å²) in [5, 5.41) is 10.8. The second-order valence-corrected chi connectivity index (χ2v) is 6.07. The van der Waals surface area contributed by atoms with Gasteiger partial charge in [0.15, 0.2) is 6.61 Å². The van der Waals surface area contributed by atoms with Gasteiger partial charge in [0.05, 0.1) is 21.3 Å². The maximum Gasteiger partial charge on any atom is 0.416 e. The van der Waals surface area contributed by atoms with E-state index in [0.717, 1.165) is 0 Å². The van der Waals surface area contributed by atoms with Gasteiger partial charge in [-0.25, -0.2) is 8.78 Å². The molecular formula is C12H8F7NO5S. The summed E-state index contributed by atoms with van der Waals surface area (Å²) in [7, 11) is -2.64. The molecule has 6 nitrogen and oxygen atoms in total. The van der Waals surface area contributed by atoms with Gasteiger partial charge >= 0.3 is 24.5 Å². The molecular weight excluding hydrogens is 403 g/mol. The van der Waals surface area contributed by atoms with Crippen LogP contribution in [-0.4, -0.2) is 39.8 Å². The van der Waals surface area contributed by atoms with E-state index in [2.05, 4.69) is 4.74 Å². The van der Waals surface area contributed by atoms with Crippen molar-refractivity contribution >= 4 is 22.5 Å². The Bertz CT molecular complexity index is 722. The van der Waals surface area contributed by atoms with Gasteiger partial charge in [0.25, 0.3) is 5.69 Å². The second kappa shape index (κ2) is 7.97. The van der Waals surface area contributed by atoms with Crippen LogP contribution in [0.1, 0.15) is 5.56 Å². The summed E-state index contributed by atoms with van der Waals surface area (Å²) in [5.41, 5.74) is -2.63. The van der Waals surface area contributed by atoms with Crippen LogP contribution in [0.2, 0.25) is 0 Å². The van der Waals surface area contributed by atoms with Crippen LogP contribution in [0.5, 0.6) is 0 Å². The van der Waals surface area contributed by atoms with Crippen LogP contribution in [0, 0.1) is 10.1 Å². The monoisotopic (exact) mass is 411 g/mol. The average Bonchev–Trinajstić information content (AvgIpc) is 2.51. The lowest BCUT2D eigenvalue weighted by atomic mass is 10.2. The van der Waals surface area contributed by atoms with E-state index >= 15 is 0 Å². The van der Waals surface area contributed by atoms with Crippen LogP contribution < -0.4 is 0 Å². The third-order valence-corrected chi connectivity index (χ3v) is 4.06. The highest BCUT2D eigenvalue weighted by Gasteiger charge is 2.42. The number of carbonyl (C=O) groups excluding carboxylic acids is 1. The summed E-state index contributed by atoms with van der Waals surface area (Å²) in [4.78, 5) is 20.0. The third-order valence-electron chi connectivity index (χ3n) is 2.72. The van der Waals surface area contributed by atoms with E-state index in [9.17, 15) is 49.9 Å². The standard InChI is InChI=1S/C12H8F7NO5S/c13-10(14)11(15,16)5-25-9(21)4-26(24)8-2-1-6(12(17,18)19)3-7(8)20(22)23/h1-3,10H,4-5H2. The van der Waals surface area contributed by atoms with Gasteiger partial charge in [-0.2, -0.15) is 22.0 Å². The maximum atomic E-state index is 12.6. The fourth-order valence-electron chi connectivity index (χ4n) is 1.50. The lowest BCUT2D eigenvalue weighted by Gasteiger charge is -2.15. The first-order valence-corrected chi connectivity index (χ1v) is 7.63. The fraction of sp³-hybridized carbons (Fsp3) is 0.417. The summed E-state index contributed by atoms with van der Waals surface area (Å²) in [6, 6.07) is 0.943. The Morgan fingerprint density at radius 3 is 2.27 bits per heavy atom. The van der Waals surface area contributed by atoms with Crippen molar-refractivity contribution < 1.29 is 49.4 Å². The molecule has 0 saturated heterocycles. The van der Waals surface area contributed by atoms with E-state index in [4.69, 9.17) is 0 Å². The molecule has 0 bridgehead atoms. The molecule has 0 amide bonds. The van der Waals surface area contributed by atoms with Gasteiger partial charge in [0.1, 0.15) is 10.6 Å². The van der Waals surface area contributed by atoms with Crippen molar-refractivity contribution in [2.45, 2.75) is 23.4 Å². The van der Waals surface area contributed by atoms with Crippen molar-refractivity contribution in [3.05, 3.63) is 33.9 Å². The van der Waals surface area contributed by atoms with Crippen molar-refractivity contribution in [3.8, 4) is 0 Å². The molecule has 0 aliphatic carbocycles. The Labute approximate surface area is 142 Å². The number of benzene rings is 1. The molecule has 1 rings (SSSR count). The summed E-state index contributed by atoms with van der Waals surface area (Å²) in [5.74, 6) is -7.57. The van der Waals surface area contributed by atoms with Crippen LogP contribution in [0.15, 0.2) is 23.1 Å². The van der Waals surface area contributed by atoms with Crippen LogP contribution in [0.25, 0.3) is 0 Å². The Balaban J connectivity index is 2.93. The van der Waals surface area contributed by atoms with Crippen molar-refractivity contribution in [2.24, 2.45) is 0 Å². The topological polar surface area (TPSA) is 86.5 Å². The Morgan fingerprint density at radius 2 is 1.81 bits per heavy atom. The van der Waals surface area contributed by atoms with Gasteiger partial charge in [0, 0.05) is 6.07 Å². The number of hydrogen-bond acceptors (Lipinski definition) is 5. The van der Waals surface area contributed by atoms with Crippen molar-refractivity contribution in [1.82, 2.24) is 0 Å². The Kier molecular flexibility index (Phi) is 6.68. The van der Waals surface area contributed by atoms with E-state index in [0.29, 0.717) is 12.1 Å². The van der Waals surface area contributed by atoms with E-state index in [1.165, 1.54) is 0 Å². The molecule has 0 radical (unpaired) electrons. The van der Waals surface area contributed by atoms with Gasteiger partial charge in [-0.3, -0.25) is 19.1 Å². The van der Waals surface area contributed by atoms with Crippen LogP contribution in [0.3, 0.4) is 0 Å². The summed E-state index contributed by atoms with van der Waals surface area (Å²) in [6.07, 6.45) is -9.05. The highest BCUT2D eigenvalue weighted by atomic mass is 32.2. The van der Waals surface area contributed by atoms with Gasteiger partial charge in [-0.15, -0.1) is 0 Å². The molecule has 0 aliphatic heterocycles. The molecule has 1 aromatic rings. The molecule has 0 aromatic heterocycles. The molecule has 1 atom stereocenters. The maximum absolute atomic E-state index is 12.6. The Morgan fingerprint density at radius 1 is 1.23 bits per heavy atom. The number of nitro benzene ring substituents is 1. The minimum atomic E-state index is -4.93. The molecule has 1 unspecified atom stereocenters. The zero-order valence-electron chi connectivity index (χ0n) is 12.3. The summed E-state index contributed by atoms with van der Waals surface area (Å²) >= 11 is 0. The molecule has 0 heterocycles. The highest BCUT2D eigenvalue weighted by molar-refractivity contribution is 7.85. The molecule has 26 heavy (non-hydrogen) atoms. The van der Waals surface area contributed by atoms with Gasteiger partial charge in [-0.05, 0) is 12.1 Å². The van der Waals surface area contributed by atoms with Gasteiger partial charge < -0.3 is 4.74 Å². The molecule has 0 N–H and O–H groups in total.